The number of hydrogen-bond acceptors (Lipinski definition) is 2. The molecule has 0 aromatic carbocycles. The van der Waals surface area contributed by atoms with Crippen molar-refractivity contribution in [2.24, 2.45) is 0 Å². The molecule has 1 saturated heterocycles. The fraction of sp³-hybridized carbons (Fsp3) is 1.00. The normalized spacial score (nSPS) is 30.5. The third kappa shape index (κ3) is 2.46. The van der Waals surface area contributed by atoms with Crippen LogP contribution in [0.5, 0.6) is 0 Å². The largest absolute Gasteiger partial charge is 0.311 e. The van der Waals surface area contributed by atoms with Crippen LogP contribution in [0.1, 0.15) is 26.7 Å². The van der Waals surface area contributed by atoms with Gasteiger partial charge in [0.25, 0.3) is 0 Å². The first kappa shape index (κ1) is 9.01. The van der Waals surface area contributed by atoms with Crippen LogP contribution in [0.3, 0.4) is 0 Å². The van der Waals surface area contributed by atoms with Gasteiger partial charge in [-0.05, 0) is 46.4 Å². The van der Waals surface area contributed by atoms with Gasteiger partial charge in [0.1, 0.15) is 0 Å². The Morgan fingerprint density at radius 3 is 2.55 bits per heavy atom. The van der Waals surface area contributed by atoms with Crippen molar-refractivity contribution in [3.05, 3.63) is 0 Å². The van der Waals surface area contributed by atoms with E-state index in [4.69, 9.17) is 0 Å². The van der Waals surface area contributed by atoms with E-state index >= 15 is 0 Å². The van der Waals surface area contributed by atoms with E-state index in [0.29, 0.717) is 5.54 Å². The highest BCUT2D eigenvalue weighted by molar-refractivity contribution is 4.92. The highest BCUT2D eigenvalue weighted by atomic mass is 15.1. The Bertz CT molecular complexity index is 119. The topological polar surface area (TPSA) is 15.3 Å². The molecule has 0 amide bonds. The summed E-state index contributed by atoms with van der Waals surface area (Å²) in [6.07, 6.45) is 2.64. The second-order valence-electron chi connectivity index (χ2n) is 3.88. The van der Waals surface area contributed by atoms with E-state index in [1.807, 2.05) is 0 Å². The Kier molecular flexibility index (Phi) is 2.90. The average molecular weight is 156 g/mol. The van der Waals surface area contributed by atoms with Gasteiger partial charge in [0.05, 0.1) is 0 Å². The van der Waals surface area contributed by atoms with Crippen LogP contribution in [0, 0.1) is 0 Å². The zero-order chi connectivity index (χ0) is 8.32. The first-order chi connectivity index (χ1) is 5.16. The van der Waals surface area contributed by atoms with Gasteiger partial charge in [-0.2, -0.15) is 0 Å². The summed E-state index contributed by atoms with van der Waals surface area (Å²) < 4.78 is 0. The maximum atomic E-state index is 3.47. The molecule has 1 aliphatic heterocycles. The van der Waals surface area contributed by atoms with Crippen LogP contribution in [0.2, 0.25) is 0 Å². The van der Waals surface area contributed by atoms with E-state index in [9.17, 15) is 0 Å². The lowest BCUT2D eigenvalue weighted by molar-refractivity contribution is 0.187. The van der Waals surface area contributed by atoms with Gasteiger partial charge in [0.2, 0.25) is 0 Å². The smallest absolute Gasteiger partial charge is 0.0177 e. The second-order valence-corrected chi connectivity index (χ2v) is 3.88. The maximum absolute atomic E-state index is 3.47. The predicted octanol–water partition coefficient (Wildman–Crippen LogP) is 1.08. The van der Waals surface area contributed by atoms with Crippen molar-refractivity contribution in [2.75, 3.05) is 26.7 Å². The summed E-state index contributed by atoms with van der Waals surface area (Å²) in [4.78, 5) is 2.37. The molecule has 0 aromatic rings. The SMILES string of the molecule is CCN(C)CCC1(C)CCN1. The summed E-state index contributed by atoms with van der Waals surface area (Å²) in [7, 11) is 2.18. The minimum atomic E-state index is 0.462. The lowest BCUT2D eigenvalue weighted by Crippen LogP contribution is -2.55. The zero-order valence-electron chi connectivity index (χ0n) is 7.98. The molecule has 0 radical (unpaired) electrons. The van der Waals surface area contributed by atoms with Gasteiger partial charge in [-0.25, -0.2) is 0 Å². The number of nitrogens with one attached hydrogen (secondary N) is 1. The van der Waals surface area contributed by atoms with Crippen molar-refractivity contribution in [3.8, 4) is 0 Å². The quantitative estimate of drug-likeness (QED) is 0.655. The summed E-state index contributed by atoms with van der Waals surface area (Å²) in [5.41, 5.74) is 0.462. The summed E-state index contributed by atoms with van der Waals surface area (Å²) in [5.74, 6) is 0. The van der Waals surface area contributed by atoms with E-state index in [1.165, 1.54) is 25.9 Å². The van der Waals surface area contributed by atoms with Gasteiger partial charge in [0, 0.05) is 5.54 Å². The van der Waals surface area contributed by atoms with Crippen LogP contribution in [0.25, 0.3) is 0 Å². The van der Waals surface area contributed by atoms with Crippen molar-refractivity contribution >= 4 is 0 Å². The van der Waals surface area contributed by atoms with Crippen molar-refractivity contribution < 1.29 is 0 Å². The molecule has 66 valence electrons. The summed E-state index contributed by atoms with van der Waals surface area (Å²) in [6, 6.07) is 0. The molecule has 0 bridgehead atoms. The van der Waals surface area contributed by atoms with Gasteiger partial charge in [0.15, 0.2) is 0 Å². The van der Waals surface area contributed by atoms with Gasteiger partial charge in [-0.3, -0.25) is 0 Å². The van der Waals surface area contributed by atoms with Gasteiger partial charge >= 0.3 is 0 Å². The van der Waals surface area contributed by atoms with Gasteiger partial charge in [-0.15, -0.1) is 0 Å². The van der Waals surface area contributed by atoms with Crippen LogP contribution < -0.4 is 5.32 Å². The highest BCUT2D eigenvalue weighted by Gasteiger charge is 2.30. The van der Waals surface area contributed by atoms with Crippen molar-refractivity contribution in [2.45, 2.75) is 32.2 Å². The molecular weight excluding hydrogens is 136 g/mol. The number of rotatable bonds is 4. The Balaban J connectivity index is 2.11. The summed E-state index contributed by atoms with van der Waals surface area (Å²) in [6.45, 7) is 8.12. The Morgan fingerprint density at radius 2 is 2.18 bits per heavy atom. The molecule has 1 heterocycles. The molecule has 0 aromatic heterocycles. The maximum Gasteiger partial charge on any atom is 0.0177 e. The average Bonchev–Trinajstić information content (AvgIpc) is 1.96. The van der Waals surface area contributed by atoms with E-state index in [2.05, 4.69) is 31.1 Å². The lowest BCUT2D eigenvalue weighted by Gasteiger charge is -2.41. The zero-order valence-corrected chi connectivity index (χ0v) is 7.98. The first-order valence-electron chi connectivity index (χ1n) is 4.60. The summed E-state index contributed by atoms with van der Waals surface area (Å²) >= 11 is 0. The molecule has 1 rings (SSSR count). The second kappa shape index (κ2) is 3.55. The fourth-order valence-corrected chi connectivity index (χ4v) is 1.36. The molecular formula is C9H20N2. The first-order valence-corrected chi connectivity index (χ1v) is 4.60. The van der Waals surface area contributed by atoms with Gasteiger partial charge < -0.3 is 10.2 Å². The van der Waals surface area contributed by atoms with Crippen LogP contribution in [-0.2, 0) is 0 Å². The van der Waals surface area contributed by atoms with E-state index in [0.717, 1.165) is 6.54 Å². The van der Waals surface area contributed by atoms with E-state index < -0.39 is 0 Å². The Hall–Kier alpha value is -0.0800. The highest BCUT2D eigenvalue weighted by Crippen LogP contribution is 2.21. The van der Waals surface area contributed by atoms with E-state index in [-0.39, 0.29) is 0 Å². The Morgan fingerprint density at radius 1 is 1.55 bits per heavy atom. The predicted molar refractivity (Wildman–Crippen MR) is 48.8 cm³/mol. The van der Waals surface area contributed by atoms with Crippen LogP contribution in [0.15, 0.2) is 0 Å². The minimum Gasteiger partial charge on any atom is -0.311 e. The van der Waals surface area contributed by atoms with Gasteiger partial charge in [-0.1, -0.05) is 6.92 Å². The van der Waals surface area contributed by atoms with Crippen LogP contribution in [-0.4, -0.2) is 37.1 Å². The van der Waals surface area contributed by atoms with Crippen LogP contribution in [0.4, 0.5) is 0 Å². The molecule has 0 spiro atoms. The molecule has 1 aliphatic rings. The minimum absolute atomic E-state index is 0.462. The molecule has 1 fully saturated rings. The lowest BCUT2D eigenvalue weighted by atomic mass is 9.87. The molecule has 2 heteroatoms. The standard InChI is InChI=1S/C9H20N2/c1-4-11(3)8-6-9(2)5-7-10-9/h10H,4-8H2,1-3H3. The third-order valence-corrected chi connectivity index (χ3v) is 2.81. The fourth-order valence-electron chi connectivity index (χ4n) is 1.36. The van der Waals surface area contributed by atoms with Crippen molar-refractivity contribution in [3.63, 3.8) is 0 Å². The van der Waals surface area contributed by atoms with Crippen molar-refractivity contribution in [1.82, 2.24) is 10.2 Å². The number of nitrogens with zero attached hydrogens (tertiary/aromatic N) is 1. The van der Waals surface area contributed by atoms with E-state index in [1.54, 1.807) is 0 Å². The Labute approximate surface area is 70.0 Å². The molecule has 0 saturated carbocycles. The third-order valence-electron chi connectivity index (χ3n) is 2.81. The molecule has 0 aliphatic carbocycles. The van der Waals surface area contributed by atoms with Crippen LogP contribution >= 0.6 is 0 Å². The molecule has 1 atom stereocenters. The molecule has 2 nitrogen and oxygen atoms in total. The molecule has 1 N–H and O–H groups in total. The molecule has 1 unspecified atom stereocenters. The number of hydrogen-bond donors (Lipinski definition) is 1. The summed E-state index contributed by atoms with van der Waals surface area (Å²) in [5, 5.41) is 3.47. The molecule has 11 heavy (non-hydrogen) atoms. The van der Waals surface area contributed by atoms with Crippen molar-refractivity contribution in [1.29, 1.82) is 0 Å². The monoisotopic (exact) mass is 156 g/mol.